The van der Waals surface area contributed by atoms with Crippen LogP contribution in [0.25, 0.3) is 0 Å². The number of nitrogens with zero attached hydrogens (tertiary/aromatic N) is 1. The summed E-state index contributed by atoms with van der Waals surface area (Å²) >= 11 is 12.2. The van der Waals surface area contributed by atoms with Crippen LogP contribution in [-0.2, 0) is 13.1 Å². The zero-order valence-corrected chi connectivity index (χ0v) is 13.9. The number of hydrogen-bond acceptors (Lipinski definition) is 2. The lowest BCUT2D eigenvalue weighted by Gasteiger charge is -2.23. The van der Waals surface area contributed by atoms with Gasteiger partial charge >= 0.3 is 0 Å². The van der Waals surface area contributed by atoms with Crippen LogP contribution in [0.3, 0.4) is 0 Å². The van der Waals surface area contributed by atoms with Gasteiger partial charge in [0.05, 0.1) is 0 Å². The fraction of sp³-hybridized carbons (Fsp3) is 0.294. The molecule has 2 nitrogen and oxygen atoms in total. The van der Waals surface area contributed by atoms with Gasteiger partial charge in [0, 0.05) is 35.9 Å². The van der Waals surface area contributed by atoms with Gasteiger partial charge in [0.1, 0.15) is 0 Å². The molecule has 0 atom stereocenters. The molecular formula is C17H20Cl2N2. The Morgan fingerprint density at radius 1 is 1.05 bits per heavy atom. The molecule has 2 rings (SSSR count). The highest BCUT2D eigenvalue weighted by molar-refractivity contribution is 6.31. The van der Waals surface area contributed by atoms with Crippen LogP contribution in [0, 0.1) is 0 Å². The van der Waals surface area contributed by atoms with Gasteiger partial charge in [-0.15, -0.1) is 0 Å². The lowest BCUT2D eigenvalue weighted by atomic mass is 10.1. The molecule has 0 spiro atoms. The van der Waals surface area contributed by atoms with Crippen molar-refractivity contribution in [2.75, 3.05) is 18.5 Å². The van der Waals surface area contributed by atoms with Crippen molar-refractivity contribution < 1.29 is 0 Å². The molecule has 0 aliphatic rings. The van der Waals surface area contributed by atoms with E-state index in [1.54, 1.807) is 0 Å². The molecule has 2 aromatic carbocycles. The van der Waals surface area contributed by atoms with E-state index in [0.29, 0.717) is 0 Å². The second kappa shape index (κ2) is 7.69. The van der Waals surface area contributed by atoms with Crippen molar-refractivity contribution in [2.45, 2.75) is 20.0 Å². The maximum absolute atomic E-state index is 6.15. The monoisotopic (exact) mass is 322 g/mol. The molecule has 0 amide bonds. The third-order valence-corrected chi connectivity index (χ3v) is 3.80. The highest BCUT2D eigenvalue weighted by atomic mass is 35.5. The Morgan fingerprint density at radius 2 is 1.81 bits per heavy atom. The summed E-state index contributed by atoms with van der Waals surface area (Å²) in [5, 5.41) is 4.88. The van der Waals surface area contributed by atoms with Crippen LogP contribution in [0.2, 0.25) is 10.0 Å². The first-order valence-corrected chi connectivity index (χ1v) is 7.80. The SMILES string of the molecule is CCNCc1ccc(Cl)cc1N(C)Cc1cccc(Cl)c1. The van der Waals surface area contributed by atoms with E-state index < -0.39 is 0 Å². The zero-order chi connectivity index (χ0) is 15.2. The molecule has 4 heteroatoms. The number of nitrogens with one attached hydrogen (secondary N) is 1. The van der Waals surface area contributed by atoms with Crippen molar-refractivity contribution >= 4 is 28.9 Å². The summed E-state index contributed by atoms with van der Waals surface area (Å²) < 4.78 is 0. The summed E-state index contributed by atoms with van der Waals surface area (Å²) in [4.78, 5) is 2.20. The zero-order valence-electron chi connectivity index (χ0n) is 12.4. The number of halogens is 2. The number of anilines is 1. The van der Waals surface area contributed by atoms with E-state index in [1.807, 2.05) is 30.3 Å². The van der Waals surface area contributed by atoms with Crippen LogP contribution in [0.5, 0.6) is 0 Å². The Bertz CT molecular complexity index is 599. The van der Waals surface area contributed by atoms with E-state index in [1.165, 1.54) is 11.1 Å². The third kappa shape index (κ3) is 4.63. The minimum Gasteiger partial charge on any atom is -0.370 e. The second-order valence-electron chi connectivity index (χ2n) is 5.04. The van der Waals surface area contributed by atoms with Gasteiger partial charge < -0.3 is 10.2 Å². The van der Waals surface area contributed by atoms with E-state index in [2.05, 4.69) is 36.3 Å². The van der Waals surface area contributed by atoms with Crippen LogP contribution in [0.15, 0.2) is 42.5 Å². The summed E-state index contributed by atoms with van der Waals surface area (Å²) in [5.41, 5.74) is 3.56. The highest BCUT2D eigenvalue weighted by Crippen LogP contribution is 2.26. The van der Waals surface area contributed by atoms with Crippen LogP contribution < -0.4 is 10.2 Å². The topological polar surface area (TPSA) is 15.3 Å². The lowest BCUT2D eigenvalue weighted by Crippen LogP contribution is -2.20. The molecule has 0 saturated carbocycles. The maximum Gasteiger partial charge on any atom is 0.0427 e. The van der Waals surface area contributed by atoms with E-state index >= 15 is 0 Å². The van der Waals surface area contributed by atoms with Crippen LogP contribution >= 0.6 is 23.2 Å². The Hall–Kier alpha value is -1.22. The standard InChI is InChI=1S/C17H20Cl2N2/c1-3-20-11-14-7-8-16(19)10-17(14)21(2)12-13-5-4-6-15(18)9-13/h4-10,20H,3,11-12H2,1-2H3. The minimum atomic E-state index is 0.753. The smallest absolute Gasteiger partial charge is 0.0427 e. The molecule has 1 N–H and O–H groups in total. The predicted octanol–water partition coefficient (Wildman–Crippen LogP) is 4.74. The summed E-state index contributed by atoms with van der Waals surface area (Å²) in [5.74, 6) is 0. The Labute approximate surface area is 136 Å². The van der Waals surface area contributed by atoms with Gasteiger partial charge in [0.25, 0.3) is 0 Å². The fourth-order valence-corrected chi connectivity index (χ4v) is 2.68. The van der Waals surface area contributed by atoms with E-state index in [-0.39, 0.29) is 0 Å². The molecule has 2 aromatic rings. The average molecular weight is 323 g/mol. The van der Waals surface area contributed by atoms with Gasteiger partial charge in [-0.05, 0) is 41.9 Å². The van der Waals surface area contributed by atoms with Crippen molar-refractivity contribution in [3.8, 4) is 0 Å². The summed E-state index contributed by atoms with van der Waals surface area (Å²) in [6.07, 6.45) is 0. The summed E-state index contributed by atoms with van der Waals surface area (Å²) in [6.45, 7) is 4.67. The first-order valence-electron chi connectivity index (χ1n) is 7.05. The Morgan fingerprint density at radius 3 is 2.52 bits per heavy atom. The summed E-state index contributed by atoms with van der Waals surface area (Å²) in [7, 11) is 2.07. The van der Waals surface area contributed by atoms with E-state index in [4.69, 9.17) is 23.2 Å². The molecule has 0 saturated heterocycles. The fourth-order valence-electron chi connectivity index (χ4n) is 2.30. The van der Waals surface area contributed by atoms with Crippen molar-refractivity contribution in [1.82, 2.24) is 5.32 Å². The predicted molar refractivity (Wildman–Crippen MR) is 92.4 cm³/mol. The van der Waals surface area contributed by atoms with E-state index in [9.17, 15) is 0 Å². The molecule has 0 unspecified atom stereocenters. The number of rotatable bonds is 6. The van der Waals surface area contributed by atoms with E-state index in [0.717, 1.165) is 35.4 Å². The largest absolute Gasteiger partial charge is 0.370 e. The quantitative estimate of drug-likeness (QED) is 0.826. The normalized spacial score (nSPS) is 10.7. The van der Waals surface area contributed by atoms with Gasteiger partial charge in [-0.3, -0.25) is 0 Å². The van der Waals surface area contributed by atoms with Crippen LogP contribution in [0.4, 0.5) is 5.69 Å². The second-order valence-corrected chi connectivity index (χ2v) is 5.91. The van der Waals surface area contributed by atoms with Crippen molar-refractivity contribution in [3.05, 3.63) is 63.6 Å². The third-order valence-electron chi connectivity index (χ3n) is 3.33. The van der Waals surface area contributed by atoms with Gasteiger partial charge in [-0.2, -0.15) is 0 Å². The van der Waals surface area contributed by atoms with Gasteiger partial charge in [0.2, 0.25) is 0 Å². The molecule has 0 aliphatic carbocycles. The minimum absolute atomic E-state index is 0.753. The number of hydrogen-bond donors (Lipinski definition) is 1. The molecule has 0 aromatic heterocycles. The van der Waals surface area contributed by atoms with Crippen LogP contribution in [-0.4, -0.2) is 13.6 Å². The Kier molecular flexibility index (Phi) is 5.92. The highest BCUT2D eigenvalue weighted by Gasteiger charge is 2.09. The molecule has 112 valence electrons. The first-order chi connectivity index (χ1) is 10.1. The summed E-state index contributed by atoms with van der Waals surface area (Å²) in [6, 6.07) is 14.0. The van der Waals surface area contributed by atoms with Gasteiger partial charge in [0.15, 0.2) is 0 Å². The Balaban J connectivity index is 2.20. The van der Waals surface area contributed by atoms with Crippen molar-refractivity contribution in [1.29, 1.82) is 0 Å². The maximum atomic E-state index is 6.15. The van der Waals surface area contributed by atoms with Crippen molar-refractivity contribution in [2.24, 2.45) is 0 Å². The van der Waals surface area contributed by atoms with Crippen molar-refractivity contribution in [3.63, 3.8) is 0 Å². The van der Waals surface area contributed by atoms with Crippen LogP contribution in [0.1, 0.15) is 18.1 Å². The lowest BCUT2D eigenvalue weighted by molar-refractivity contribution is 0.723. The van der Waals surface area contributed by atoms with Gasteiger partial charge in [-0.25, -0.2) is 0 Å². The first kappa shape index (κ1) is 16.2. The molecule has 0 heterocycles. The molecule has 21 heavy (non-hydrogen) atoms. The number of benzene rings is 2. The molecule has 0 radical (unpaired) electrons. The molecule has 0 bridgehead atoms. The average Bonchev–Trinajstić information content (AvgIpc) is 2.46. The molecule has 0 aliphatic heterocycles. The molecule has 0 fully saturated rings. The molecular weight excluding hydrogens is 303 g/mol. The van der Waals surface area contributed by atoms with Gasteiger partial charge in [-0.1, -0.05) is 48.3 Å².